The van der Waals surface area contributed by atoms with Gasteiger partial charge in [-0.25, -0.2) is 0 Å². The third-order valence-corrected chi connectivity index (χ3v) is 3.79. The van der Waals surface area contributed by atoms with E-state index < -0.39 is 0 Å². The van der Waals surface area contributed by atoms with Crippen LogP contribution in [0.15, 0.2) is 18.2 Å². The lowest BCUT2D eigenvalue weighted by Crippen LogP contribution is -2.28. The highest BCUT2D eigenvalue weighted by Gasteiger charge is 2.26. The molecule has 3 N–H and O–H groups in total. The molecule has 5 heteroatoms. The number of nitrogens with one attached hydrogen (secondary N) is 1. The van der Waals surface area contributed by atoms with Gasteiger partial charge in [0.05, 0.1) is 12.8 Å². The topological polar surface area (TPSA) is 64.3 Å². The van der Waals surface area contributed by atoms with Crippen molar-refractivity contribution in [2.24, 2.45) is 11.7 Å². The fraction of sp³-hybridized carbons (Fsp3) is 0.533. The smallest absolute Gasteiger partial charge is 0.224 e. The number of ether oxygens (including phenoxy) is 1. The van der Waals surface area contributed by atoms with E-state index in [4.69, 9.17) is 10.5 Å². The first-order valence-corrected chi connectivity index (χ1v) is 6.80. The molecule has 0 aliphatic heterocycles. The fourth-order valence-corrected chi connectivity index (χ4v) is 2.68. The average Bonchev–Trinajstić information content (AvgIpc) is 2.75. The Morgan fingerprint density at radius 2 is 2.20 bits per heavy atom. The molecule has 0 spiro atoms. The number of anilines is 1. The van der Waals surface area contributed by atoms with Crippen LogP contribution in [0.25, 0.3) is 0 Å². The second-order valence-electron chi connectivity index (χ2n) is 5.31. The number of rotatable bonds is 4. The van der Waals surface area contributed by atoms with Gasteiger partial charge in [0.2, 0.25) is 5.91 Å². The number of benzene rings is 1. The van der Waals surface area contributed by atoms with Gasteiger partial charge in [-0.05, 0) is 43.4 Å². The maximum absolute atomic E-state index is 12.1. The standard InChI is InChI=1S/C15H22N2O2.ClH/c1-10-6-7-14(19-2)13(8-10)17-15(18)9-11-4-3-5-12(11)16;/h6-8,11-12H,3-5,9,16H2,1-2H3,(H,17,18);1H/t11-,12+;/m0./s1. The molecule has 4 nitrogen and oxygen atoms in total. The van der Waals surface area contributed by atoms with E-state index in [1.54, 1.807) is 7.11 Å². The summed E-state index contributed by atoms with van der Waals surface area (Å²) in [5, 5.41) is 2.93. The molecule has 1 saturated carbocycles. The molecular weight excluding hydrogens is 276 g/mol. The summed E-state index contributed by atoms with van der Waals surface area (Å²) < 4.78 is 5.25. The van der Waals surface area contributed by atoms with Gasteiger partial charge in [-0.2, -0.15) is 0 Å². The molecular formula is C15H23ClN2O2. The van der Waals surface area contributed by atoms with Crippen LogP contribution in [0, 0.1) is 12.8 Å². The zero-order chi connectivity index (χ0) is 13.8. The number of hydrogen-bond donors (Lipinski definition) is 2. The van der Waals surface area contributed by atoms with Crippen LogP contribution in [0.3, 0.4) is 0 Å². The number of nitrogens with two attached hydrogens (primary N) is 1. The number of carbonyl (C=O) groups excluding carboxylic acids is 1. The average molecular weight is 299 g/mol. The van der Waals surface area contributed by atoms with Crippen molar-refractivity contribution in [3.05, 3.63) is 23.8 Å². The number of amides is 1. The minimum atomic E-state index is 0. The Morgan fingerprint density at radius 1 is 1.45 bits per heavy atom. The summed E-state index contributed by atoms with van der Waals surface area (Å²) in [6.07, 6.45) is 3.72. The number of carbonyl (C=O) groups is 1. The van der Waals surface area contributed by atoms with Crippen molar-refractivity contribution < 1.29 is 9.53 Å². The van der Waals surface area contributed by atoms with Crippen molar-refractivity contribution in [1.29, 1.82) is 0 Å². The van der Waals surface area contributed by atoms with Crippen molar-refractivity contribution in [1.82, 2.24) is 0 Å². The zero-order valence-electron chi connectivity index (χ0n) is 12.0. The van der Waals surface area contributed by atoms with Crippen molar-refractivity contribution in [3.8, 4) is 5.75 Å². The van der Waals surface area contributed by atoms with Crippen LogP contribution < -0.4 is 15.8 Å². The molecule has 0 aromatic heterocycles. The Balaban J connectivity index is 0.00000200. The van der Waals surface area contributed by atoms with Gasteiger partial charge in [-0.15, -0.1) is 12.4 Å². The maximum Gasteiger partial charge on any atom is 0.224 e. The van der Waals surface area contributed by atoms with Crippen LogP contribution in [-0.2, 0) is 4.79 Å². The number of methoxy groups -OCH3 is 1. The molecule has 0 heterocycles. The van der Waals surface area contributed by atoms with Gasteiger partial charge in [0, 0.05) is 12.5 Å². The van der Waals surface area contributed by atoms with E-state index in [0.717, 1.165) is 30.5 Å². The minimum Gasteiger partial charge on any atom is -0.495 e. The molecule has 2 atom stereocenters. The summed E-state index contributed by atoms with van der Waals surface area (Å²) >= 11 is 0. The monoisotopic (exact) mass is 298 g/mol. The van der Waals surface area contributed by atoms with Crippen LogP contribution >= 0.6 is 12.4 Å². The molecule has 20 heavy (non-hydrogen) atoms. The van der Waals surface area contributed by atoms with Gasteiger partial charge in [0.1, 0.15) is 5.75 Å². The number of hydrogen-bond acceptors (Lipinski definition) is 3. The quantitative estimate of drug-likeness (QED) is 0.898. The second-order valence-corrected chi connectivity index (χ2v) is 5.31. The fourth-order valence-electron chi connectivity index (χ4n) is 2.68. The Kier molecular flexibility index (Phi) is 6.30. The zero-order valence-corrected chi connectivity index (χ0v) is 12.8. The van der Waals surface area contributed by atoms with E-state index in [1.165, 1.54) is 0 Å². The van der Waals surface area contributed by atoms with Crippen LogP contribution in [0.4, 0.5) is 5.69 Å². The predicted octanol–water partition coefficient (Wildman–Crippen LogP) is 2.88. The second kappa shape index (κ2) is 7.50. The first kappa shape index (κ1) is 16.8. The van der Waals surface area contributed by atoms with E-state index in [0.29, 0.717) is 18.1 Å². The van der Waals surface area contributed by atoms with Gasteiger partial charge in [0.15, 0.2) is 0 Å². The Hall–Kier alpha value is -1.26. The maximum atomic E-state index is 12.1. The molecule has 0 bridgehead atoms. The highest BCUT2D eigenvalue weighted by Crippen LogP contribution is 2.29. The van der Waals surface area contributed by atoms with E-state index >= 15 is 0 Å². The molecule has 0 unspecified atom stereocenters. The van der Waals surface area contributed by atoms with Crippen molar-refractivity contribution >= 4 is 24.0 Å². The van der Waals surface area contributed by atoms with Crippen LogP contribution in [0.5, 0.6) is 5.75 Å². The molecule has 1 aromatic carbocycles. The van der Waals surface area contributed by atoms with Crippen molar-refractivity contribution in [3.63, 3.8) is 0 Å². The molecule has 2 rings (SSSR count). The van der Waals surface area contributed by atoms with Gasteiger partial charge >= 0.3 is 0 Å². The Bertz CT molecular complexity index is 465. The summed E-state index contributed by atoms with van der Waals surface area (Å²) in [5.41, 5.74) is 7.82. The normalized spacial score (nSPS) is 21.1. The van der Waals surface area contributed by atoms with Gasteiger partial charge in [-0.3, -0.25) is 4.79 Å². The highest BCUT2D eigenvalue weighted by atomic mass is 35.5. The minimum absolute atomic E-state index is 0. The number of halogens is 1. The van der Waals surface area contributed by atoms with Gasteiger partial charge in [0.25, 0.3) is 0 Å². The van der Waals surface area contributed by atoms with Gasteiger partial charge in [-0.1, -0.05) is 12.5 Å². The van der Waals surface area contributed by atoms with Crippen LogP contribution in [-0.4, -0.2) is 19.1 Å². The first-order valence-electron chi connectivity index (χ1n) is 6.80. The lowest BCUT2D eigenvalue weighted by Gasteiger charge is -2.16. The van der Waals surface area contributed by atoms with E-state index in [2.05, 4.69) is 5.32 Å². The third kappa shape index (κ3) is 4.12. The van der Waals surface area contributed by atoms with Crippen molar-refractivity contribution in [2.75, 3.05) is 12.4 Å². The summed E-state index contributed by atoms with van der Waals surface area (Å²) in [5.74, 6) is 1.02. The molecule has 1 fully saturated rings. The largest absolute Gasteiger partial charge is 0.495 e. The SMILES string of the molecule is COc1ccc(C)cc1NC(=O)C[C@@H]1CCC[C@H]1N.Cl. The molecule has 0 saturated heterocycles. The molecule has 1 aromatic rings. The van der Waals surface area contributed by atoms with Crippen LogP contribution in [0.1, 0.15) is 31.2 Å². The summed E-state index contributed by atoms with van der Waals surface area (Å²) in [6, 6.07) is 5.92. The third-order valence-electron chi connectivity index (χ3n) is 3.79. The van der Waals surface area contributed by atoms with E-state index in [-0.39, 0.29) is 24.4 Å². The predicted molar refractivity (Wildman–Crippen MR) is 83.5 cm³/mol. The molecule has 1 aliphatic rings. The number of aryl methyl sites for hydroxylation is 1. The van der Waals surface area contributed by atoms with Crippen LogP contribution in [0.2, 0.25) is 0 Å². The summed E-state index contributed by atoms with van der Waals surface area (Å²) in [6.45, 7) is 1.99. The first-order chi connectivity index (χ1) is 9.10. The summed E-state index contributed by atoms with van der Waals surface area (Å²) in [4.78, 5) is 12.1. The van der Waals surface area contributed by atoms with E-state index in [1.807, 2.05) is 25.1 Å². The molecule has 1 aliphatic carbocycles. The van der Waals surface area contributed by atoms with Crippen molar-refractivity contribution in [2.45, 2.75) is 38.6 Å². The lowest BCUT2D eigenvalue weighted by molar-refractivity contribution is -0.117. The highest BCUT2D eigenvalue weighted by molar-refractivity contribution is 5.92. The Morgan fingerprint density at radius 3 is 2.80 bits per heavy atom. The molecule has 0 radical (unpaired) electrons. The summed E-state index contributed by atoms with van der Waals surface area (Å²) in [7, 11) is 1.60. The molecule has 112 valence electrons. The lowest BCUT2D eigenvalue weighted by atomic mass is 10.00. The van der Waals surface area contributed by atoms with E-state index in [9.17, 15) is 4.79 Å². The Labute approximate surface area is 126 Å². The van der Waals surface area contributed by atoms with Gasteiger partial charge < -0.3 is 15.8 Å². The molecule has 1 amide bonds.